The number of nitrogens with one attached hydrogen (secondary N) is 1. The molecule has 3 aromatic carbocycles. The predicted octanol–water partition coefficient (Wildman–Crippen LogP) is 5.89. The summed E-state index contributed by atoms with van der Waals surface area (Å²) in [5.74, 6) is 0.826. The Morgan fingerprint density at radius 1 is 0.871 bits per heavy atom. The van der Waals surface area contributed by atoms with Crippen LogP contribution in [-0.2, 0) is 16.0 Å². The zero-order valence-electron chi connectivity index (χ0n) is 18.3. The van der Waals surface area contributed by atoms with Crippen LogP contribution in [-0.4, -0.2) is 25.9 Å². The number of rotatable bonds is 12. The van der Waals surface area contributed by atoms with Crippen LogP contribution >= 0.6 is 0 Å². The second-order valence-electron chi connectivity index (χ2n) is 7.33. The van der Waals surface area contributed by atoms with Gasteiger partial charge in [-0.25, -0.2) is 0 Å². The van der Waals surface area contributed by atoms with Gasteiger partial charge in [-0.3, -0.25) is 10.3 Å². The van der Waals surface area contributed by atoms with Crippen LogP contribution in [0.25, 0.3) is 16.8 Å². The molecule has 0 heterocycles. The molecule has 1 unspecified atom stereocenters. The molecule has 0 aliphatic carbocycles. The highest BCUT2D eigenvalue weighted by Crippen LogP contribution is 2.21. The normalized spacial score (nSPS) is 11.7. The number of hydrogen-bond acceptors (Lipinski definition) is 4. The largest absolute Gasteiger partial charge is 0.491 e. The van der Waals surface area contributed by atoms with E-state index in [0.29, 0.717) is 18.9 Å². The maximum Gasteiger partial charge on any atom is 0.119 e. The molecule has 4 nitrogen and oxygen atoms in total. The van der Waals surface area contributed by atoms with E-state index < -0.39 is 0 Å². The van der Waals surface area contributed by atoms with Crippen LogP contribution in [0.5, 0.6) is 5.75 Å². The topological polar surface area (TPSA) is 39.7 Å². The van der Waals surface area contributed by atoms with E-state index in [1.54, 1.807) is 0 Å². The average Bonchev–Trinajstić information content (AvgIpc) is 2.80. The predicted molar refractivity (Wildman–Crippen MR) is 127 cm³/mol. The molecule has 4 heteroatoms. The molecule has 0 amide bonds. The highest BCUT2D eigenvalue weighted by molar-refractivity contribution is 5.68. The maximum atomic E-state index is 5.74. The zero-order chi connectivity index (χ0) is 21.9. The Morgan fingerprint density at radius 3 is 2.23 bits per heavy atom. The summed E-state index contributed by atoms with van der Waals surface area (Å²) >= 11 is 0. The van der Waals surface area contributed by atoms with E-state index in [1.165, 1.54) is 16.7 Å². The van der Waals surface area contributed by atoms with Crippen LogP contribution < -0.4 is 10.2 Å². The SMILES string of the molecule is C=C(NOCCOc1ccc(CC(C)OCC)cc1)c1ccc(-c2ccccc2)cc1. The van der Waals surface area contributed by atoms with Crippen LogP contribution in [0.1, 0.15) is 25.0 Å². The second kappa shape index (κ2) is 11.9. The number of benzene rings is 3. The molecular formula is C27H31NO3. The van der Waals surface area contributed by atoms with Gasteiger partial charge in [0, 0.05) is 6.61 Å². The van der Waals surface area contributed by atoms with Crippen LogP contribution in [0.2, 0.25) is 0 Å². The third kappa shape index (κ3) is 7.28. The van der Waals surface area contributed by atoms with Gasteiger partial charge in [-0.1, -0.05) is 73.3 Å². The van der Waals surface area contributed by atoms with Gasteiger partial charge in [0.15, 0.2) is 0 Å². The highest BCUT2D eigenvalue weighted by Gasteiger charge is 2.04. The van der Waals surface area contributed by atoms with E-state index in [2.05, 4.69) is 55.4 Å². The summed E-state index contributed by atoms with van der Waals surface area (Å²) in [6.45, 7) is 9.74. The summed E-state index contributed by atoms with van der Waals surface area (Å²) < 4.78 is 11.3. The van der Waals surface area contributed by atoms with Gasteiger partial charge in [0.25, 0.3) is 0 Å². The summed E-state index contributed by atoms with van der Waals surface area (Å²) in [5, 5.41) is 0. The summed E-state index contributed by atoms with van der Waals surface area (Å²) in [6, 6.07) is 26.6. The highest BCUT2D eigenvalue weighted by atomic mass is 16.7. The van der Waals surface area contributed by atoms with Crippen molar-refractivity contribution in [2.24, 2.45) is 0 Å². The minimum absolute atomic E-state index is 0.221. The smallest absolute Gasteiger partial charge is 0.119 e. The van der Waals surface area contributed by atoms with Gasteiger partial charge in [-0.15, -0.1) is 0 Å². The monoisotopic (exact) mass is 417 g/mol. The molecule has 0 fully saturated rings. The van der Waals surface area contributed by atoms with Crippen molar-refractivity contribution in [1.82, 2.24) is 5.48 Å². The van der Waals surface area contributed by atoms with Crippen LogP contribution in [0.3, 0.4) is 0 Å². The third-order valence-corrected chi connectivity index (χ3v) is 4.89. The Hall–Kier alpha value is -3.08. The van der Waals surface area contributed by atoms with E-state index in [0.717, 1.165) is 24.3 Å². The third-order valence-electron chi connectivity index (χ3n) is 4.89. The fraction of sp³-hybridized carbons (Fsp3) is 0.259. The number of hydroxylamine groups is 1. The fourth-order valence-corrected chi connectivity index (χ4v) is 3.29. The van der Waals surface area contributed by atoms with E-state index >= 15 is 0 Å². The Morgan fingerprint density at radius 2 is 1.55 bits per heavy atom. The maximum absolute atomic E-state index is 5.74. The molecule has 0 aliphatic rings. The lowest BCUT2D eigenvalue weighted by Crippen LogP contribution is -2.17. The summed E-state index contributed by atoms with van der Waals surface area (Å²) in [4.78, 5) is 5.50. The molecule has 0 saturated carbocycles. The summed E-state index contributed by atoms with van der Waals surface area (Å²) in [6.07, 6.45) is 1.12. The molecule has 162 valence electrons. The molecule has 0 aromatic heterocycles. The second-order valence-corrected chi connectivity index (χ2v) is 7.33. The van der Waals surface area contributed by atoms with Gasteiger partial charge in [0.2, 0.25) is 0 Å². The first-order chi connectivity index (χ1) is 15.2. The van der Waals surface area contributed by atoms with E-state index in [9.17, 15) is 0 Å². The van der Waals surface area contributed by atoms with Gasteiger partial charge in [0.1, 0.15) is 19.0 Å². The van der Waals surface area contributed by atoms with Gasteiger partial charge in [-0.2, -0.15) is 0 Å². The van der Waals surface area contributed by atoms with Gasteiger partial charge in [0.05, 0.1) is 11.8 Å². The van der Waals surface area contributed by atoms with E-state index in [4.69, 9.17) is 14.3 Å². The molecular weight excluding hydrogens is 386 g/mol. The first kappa shape index (κ1) is 22.6. The summed E-state index contributed by atoms with van der Waals surface area (Å²) in [7, 11) is 0. The molecule has 0 radical (unpaired) electrons. The van der Waals surface area contributed by atoms with Crippen molar-refractivity contribution in [2.45, 2.75) is 26.4 Å². The van der Waals surface area contributed by atoms with Crippen molar-refractivity contribution in [3.8, 4) is 16.9 Å². The quantitative estimate of drug-likeness (QED) is 0.295. The fourth-order valence-electron chi connectivity index (χ4n) is 3.29. The first-order valence-corrected chi connectivity index (χ1v) is 10.7. The molecule has 1 N–H and O–H groups in total. The molecule has 3 rings (SSSR count). The van der Waals surface area contributed by atoms with Gasteiger partial charge >= 0.3 is 0 Å². The van der Waals surface area contributed by atoms with Crippen LogP contribution in [0, 0.1) is 0 Å². The van der Waals surface area contributed by atoms with Gasteiger partial charge in [-0.05, 0) is 54.7 Å². The molecule has 0 saturated heterocycles. The van der Waals surface area contributed by atoms with E-state index in [1.807, 2.05) is 49.4 Å². The first-order valence-electron chi connectivity index (χ1n) is 10.7. The number of ether oxygens (including phenoxy) is 2. The van der Waals surface area contributed by atoms with Crippen molar-refractivity contribution in [3.63, 3.8) is 0 Å². The Balaban J connectivity index is 1.36. The minimum atomic E-state index is 0.221. The Kier molecular flexibility index (Phi) is 8.71. The molecule has 0 bridgehead atoms. The standard InChI is InChI=1S/C27H31NO3/c1-4-29-21(2)20-23-10-16-27(17-11-23)30-18-19-31-28-22(3)24-12-14-26(15-13-24)25-8-6-5-7-9-25/h5-17,21,28H,3-4,18-20H2,1-2H3. The van der Waals surface area contributed by atoms with Crippen LogP contribution in [0.4, 0.5) is 0 Å². The zero-order valence-corrected chi connectivity index (χ0v) is 18.3. The van der Waals surface area contributed by atoms with Crippen molar-refractivity contribution in [2.75, 3.05) is 19.8 Å². The number of hydrogen-bond donors (Lipinski definition) is 1. The lowest BCUT2D eigenvalue weighted by Gasteiger charge is -2.13. The Bertz CT molecular complexity index is 921. The lowest BCUT2D eigenvalue weighted by atomic mass is 10.0. The lowest BCUT2D eigenvalue weighted by molar-refractivity contribution is 0.0541. The van der Waals surface area contributed by atoms with Crippen molar-refractivity contribution >= 4 is 5.70 Å². The van der Waals surface area contributed by atoms with Gasteiger partial charge < -0.3 is 9.47 Å². The minimum Gasteiger partial charge on any atom is -0.491 e. The van der Waals surface area contributed by atoms with E-state index in [-0.39, 0.29) is 6.10 Å². The van der Waals surface area contributed by atoms with Crippen LogP contribution in [0.15, 0.2) is 85.4 Å². The molecule has 0 aliphatic heterocycles. The average molecular weight is 418 g/mol. The van der Waals surface area contributed by atoms with Crippen molar-refractivity contribution in [1.29, 1.82) is 0 Å². The molecule has 3 aromatic rings. The van der Waals surface area contributed by atoms with Crippen molar-refractivity contribution < 1.29 is 14.3 Å². The summed E-state index contributed by atoms with van der Waals surface area (Å²) in [5.41, 5.74) is 8.20. The molecule has 31 heavy (non-hydrogen) atoms. The molecule has 1 atom stereocenters. The Labute approximate surface area is 185 Å². The van der Waals surface area contributed by atoms with Crippen molar-refractivity contribution in [3.05, 3.63) is 96.6 Å². The molecule has 0 spiro atoms.